The Morgan fingerprint density at radius 1 is 0.371 bits per heavy atom. The summed E-state index contributed by atoms with van der Waals surface area (Å²) in [5.41, 5.74) is 23.9. The first-order chi connectivity index (χ1) is 49.9. The van der Waals surface area contributed by atoms with Crippen molar-refractivity contribution in [2.45, 2.75) is 98.4 Å². The predicted octanol–water partition coefficient (Wildman–Crippen LogP) is 21.8. The van der Waals surface area contributed by atoms with Gasteiger partial charge in [-0.2, -0.15) is 0 Å². The quantitative estimate of drug-likeness (QED) is 0.0470. The minimum atomic E-state index is -0.958. The van der Waals surface area contributed by atoms with Crippen LogP contribution in [0, 0.1) is 24.0 Å². The molecule has 3 aliphatic heterocycles. The van der Waals surface area contributed by atoms with Crippen LogP contribution in [-0.4, -0.2) is 69.9 Å². The number of non-ortho nitro benzene ring substituents is 1. The summed E-state index contributed by atoms with van der Waals surface area (Å²) in [6.45, 7) is 22.9. The predicted molar refractivity (Wildman–Crippen MR) is 415 cm³/mol. The van der Waals surface area contributed by atoms with Gasteiger partial charge in [-0.25, -0.2) is 14.4 Å². The molecule has 0 unspecified atom stereocenters. The number of aromatic carboxylic acids is 3. The SMILES string of the molecule is CC1(C)C=C(c2ccc(C(C)(C)C)cc2)c2cc(-c3ccc(-c4ccc(C(=O)O)cc4)[nH]3)ccc2O1.CC1(C)C=C(c2ccc([N+](=O)[O-])cc2)c2cc(-c3ccc(-c4ccc(C(=O)O)cc4)[nH]3)ccc2O1.Cc1ccc(C2=CC(C)(C)Oc3ccc(-c4ccc(-c5ccc(C(=O)O)c(C)c5)[nH]4)cc32)cc1. The lowest BCUT2D eigenvalue weighted by Crippen LogP contribution is -2.29. The van der Waals surface area contributed by atoms with E-state index in [9.17, 15) is 29.6 Å². The van der Waals surface area contributed by atoms with Crippen LogP contribution < -0.4 is 14.2 Å². The highest BCUT2D eigenvalue weighted by atomic mass is 16.6. The van der Waals surface area contributed by atoms with Gasteiger partial charge in [0.2, 0.25) is 0 Å². The first kappa shape index (κ1) is 70.7. The number of nitrogens with zero attached hydrogens (tertiary/aromatic N) is 1. The fourth-order valence-electron chi connectivity index (χ4n) is 13.4. The minimum absolute atomic E-state index is 0.0462. The van der Waals surface area contributed by atoms with Gasteiger partial charge in [-0.15, -0.1) is 0 Å². The van der Waals surface area contributed by atoms with E-state index in [1.165, 1.54) is 45.5 Å². The average Bonchev–Trinajstić information content (AvgIpc) is 1.40. The fraction of sp³-hybridized carbons (Fsp3) is 0.167. The largest absolute Gasteiger partial charge is 0.483 e. The zero-order valence-corrected chi connectivity index (χ0v) is 60.2. The first-order valence-electron chi connectivity index (χ1n) is 34.6. The molecule has 105 heavy (non-hydrogen) atoms. The minimum Gasteiger partial charge on any atom is -0.483 e. The number of benzene rings is 9. The van der Waals surface area contributed by atoms with E-state index in [-0.39, 0.29) is 22.2 Å². The number of fused-ring (bicyclic) bond motifs is 3. The van der Waals surface area contributed by atoms with Gasteiger partial charge in [-0.05, 0) is 296 Å². The maximum Gasteiger partial charge on any atom is 0.335 e. The highest BCUT2D eigenvalue weighted by Gasteiger charge is 2.32. The molecule has 0 atom stereocenters. The first-order valence-corrected chi connectivity index (χ1v) is 34.6. The van der Waals surface area contributed by atoms with Crippen LogP contribution >= 0.6 is 0 Å². The number of aromatic amines is 3. The zero-order chi connectivity index (χ0) is 74.4. The molecule has 0 saturated heterocycles. The number of nitro groups is 1. The lowest BCUT2D eigenvalue weighted by atomic mass is 9.84. The molecule has 6 heterocycles. The number of hydrogen-bond donors (Lipinski definition) is 6. The van der Waals surface area contributed by atoms with Crippen molar-refractivity contribution < 1.29 is 48.8 Å². The van der Waals surface area contributed by atoms with E-state index in [1.807, 2.05) is 106 Å². The Labute approximate surface area is 609 Å². The second-order valence-electron chi connectivity index (χ2n) is 29.4. The molecule has 3 aliphatic rings. The maximum atomic E-state index is 11.3. The highest BCUT2D eigenvalue weighted by Crippen LogP contribution is 2.46. The summed E-state index contributed by atoms with van der Waals surface area (Å²) in [5, 5.41) is 38.7. The van der Waals surface area contributed by atoms with Crippen molar-refractivity contribution in [3.05, 3.63) is 326 Å². The van der Waals surface area contributed by atoms with Crippen molar-refractivity contribution in [1.29, 1.82) is 0 Å². The van der Waals surface area contributed by atoms with Crippen molar-refractivity contribution >= 4 is 40.3 Å². The van der Waals surface area contributed by atoms with Crippen LogP contribution in [-0.2, 0) is 5.41 Å². The van der Waals surface area contributed by atoms with Gasteiger partial charge in [0.15, 0.2) is 0 Å². The zero-order valence-electron chi connectivity index (χ0n) is 60.2. The third kappa shape index (κ3) is 15.5. The Morgan fingerprint density at radius 3 is 0.981 bits per heavy atom. The van der Waals surface area contributed by atoms with Gasteiger partial charge in [-0.3, -0.25) is 10.1 Å². The number of carbonyl (C=O) groups is 3. The Morgan fingerprint density at radius 2 is 0.667 bits per heavy atom. The van der Waals surface area contributed by atoms with E-state index >= 15 is 0 Å². The highest BCUT2D eigenvalue weighted by molar-refractivity contribution is 5.93. The second-order valence-corrected chi connectivity index (χ2v) is 29.4. The molecule has 526 valence electrons. The molecule has 0 amide bonds. The monoisotopic (exact) mass is 1390 g/mol. The van der Waals surface area contributed by atoms with E-state index in [2.05, 4.69) is 167 Å². The van der Waals surface area contributed by atoms with Gasteiger partial charge in [0, 0.05) is 63.0 Å². The number of aromatic nitrogens is 3. The van der Waals surface area contributed by atoms with Crippen molar-refractivity contribution in [2.75, 3.05) is 0 Å². The van der Waals surface area contributed by atoms with Gasteiger partial charge in [0.25, 0.3) is 5.69 Å². The lowest BCUT2D eigenvalue weighted by molar-refractivity contribution is -0.384. The standard InChI is InChI=1S/C32H31NO3.C30H27NO3.C28H22N2O5/c1-31(2,3)24-13-10-20(11-14-24)26-19-32(4,5)36-29-17-12-23(18-25(26)29)28-16-15-27(33-28)21-6-8-22(9-7-21)30(34)35;1-18-5-7-20(8-6-18)25-17-30(3,4)34-28-14-10-22(16-24(25)28)27-13-12-26(31-27)21-9-11-23(29(32)33)19(2)15-21;1-28(2)16-23(17-7-10-21(11-8-17)30(33)34)22-15-20(9-14-26(22)35-28)25-13-12-24(29-25)18-3-5-19(6-4-18)27(31)32/h6-19,33H,1-5H3,(H,34,35);5-17,31H,1-4H3,(H,32,33);3-16,29H,1-2H3,(H,31,32). The van der Waals surface area contributed by atoms with Crippen LogP contribution in [0.5, 0.6) is 17.2 Å². The molecule has 3 aromatic heterocycles. The van der Waals surface area contributed by atoms with Gasteiger partial charge < -0.3 is 44.5 Å². The Balaban J connectivity index is 0.000000140. The lowest BCUT2D eigenvalue weighted by Gasteiger charge is -2.32. The maximum absolute atomic E-state index is 11.3. The normalized spacial score (nSPS) is 14.2. The summed E-state index contributed by atoms with van der Waals surface area (Å²) < 4.78 is 18.8. The van der Waals surface area contributed by atoms with Crippen LogP contribution in [0.3, 0.4) is 0 Å². The second kappa shape index (κ2) is 27.9. The smallest absolute Gasteiger partial charge is 0.335 e. The Kier molecular flexibility index (Phi) is 18.8. The third-order valence-corrected chi connectivity index (χ3v) is 18.9. The molecule has 0 fully saturated rings. The topological polar surface area (TPSA) is 230 Å². The molecular formula is C90H80N4O11. The van der Waals surface area contributed by atoms with Gasteiger partial charge in [0.05, 0.1) is 21.6 Å². The molecule has 0 radical (unpaired) electrons. The Hall–Kier alpha value is -12.8. The van der Waals surface area contributed by atoms with Gasteiger partial charge >= 0.3 is 17.9 Å². The van der Waals surface area contributed by atoms with Crippen molar-refractivity contribution in [3.63, 3.8) is 0 Å². The van der Waals surface area contributed by atoms with Crippen molar-refractivity contribution in [1.82, 2.24) is 15.0 Å². The molecule has 0 aliphatic carbocycles. The number of aryl methyl sites for hydroxylation is 2. The van der Waals surface area contributed by atoms with Gasteiger partial charge in [-0.1, -0.05) is 105 Å². The van der Waals surface area contributed by atoms with Crippen LogP contribution in [0.2, 0.25) is 0 Å². The number of carboxylic acids is 3. The van der Waals surface area contributed by atoms with Crippen molar-refractivity contribution in [3.8, 4) is 84.8 Å². The Bertz CT molecular complexity index is 5460. The van der Waals surface area contributed by atoms with Crippen LogP contribution in [0.1, 0.15) is 143 Å². The number of nitro benzene ring substituents is 1. The summed E-state index contributed by atoms with van der Waals surface area (Å²) in [6.07, 6.45) is 6.43. The molecule has 0 saturated carbocycles. The summed E-state index contributed by atoms with van der Waals surface area (Å²) >= 11 is 0. The summed E-state index contributed by atoms with van der Waals surface area (Å²) in [5.74, 6) is -0.306. The van der Waals surface area contributed by atoms with Crippen LogP contribution in [0.15, 0.2) is 249 Å². The number of ether oxygens (including phenoxy) is 3. The number of rotatable bonds is 13. The molecule has 9 aromatic carbocycles. The average molecular weight is 1390 g/mol. The number of H-pyrrole nitrogens is 3. The van der Waals surface area contributed by atoms with E-state index in [0.29, 0.717) is 5.56 Å². The fourth-order valence-corrected chi connectivity index (χ4v) is 13.4. The van der Waals surface area contributed by atoms with Crippen LogP contribution in [0.4, 0.5) is 5.69 Å². The van der Waals surface area contributed by atoms with E-state index in [4.69, 9.17) is 24.4 Å². The van der Waals surface area contributed by atoms with E-state index in [1.54, 1.807) is 54.6 Å². The van der Waals surface area contributed by atoms with Crippen LogP contribution in [0.25, 0.3) is 84.3 Å². The molecule has 15 nitrogen and oxygen atoms in total. The molecule has 0 bridgehead atoms. The summed E-state index contributed by atoms with van der Waals surface area (Å²) in [4.78, 5) is 54.7. The molecule has 15 heteroatoms. The molecule has 6 N–H and O–H groups in total. The number of carboxylic acid groups (broad SMARTS) is 3. The van der Waals surface area contributed by atoms with Gasteiger partial charge in [0.1, 0.15) is 34.1 Å². The molecular weight excluding hydrogens is 1310 g/mol. The summed E-state index contributed by atoms with van der Waals surface area (Å²) in [6, 6.07) is 73.6. The molecule has 12 aromatic rings. The molecule has 0 spiro atoms. The number of nitrogens with one attached hydrogen (secondary N) is 3. The molecule has 15 rings (SSSR count). The van der Waals surface area contributed by atoms with Crippen molar-refractivity contribution in [2.24, 2.45) is 0 Å². The van der Waals surface area contributed by atoms with E-state index in [0.717, 1.165) is 118 Å². The summed E-state index contributed by atoms with van der Waals surface area (Å²) in [7, 11) is 0. The van der Waals surface area contributed by atoms with E-state index < -0.39 is 39.6 Å². The third-order valence-electron chi connectivity index (χ3n) is 18.9. The number of hydrogen-bond acceptors (Lipinski definition) is 8.